The lowest BCUT2D eigenvalue weighted by Crippen LogP contribution is -2.61. The highest BCUT2D eigenvalue weighted by Gasteiger charge is 2.57. The maximum absolute atomic E-state index is 12.3. The first kappa shape index (κ1) is 20.6. The summed E-state index contributed by atoms with van der Waals surface area (Å²) < 4.78 is 0. The largest absolute Gasteiger partial charge is 0.477 e. The Balaban J connectivity index is 1.67. The maximum Gasteiger partial charge on any atom is 0.353 e. The summed E-state index contributed by atoms with van der Waals surface area (Å²) >= 11 is 1.54. The van der Waals surface area contributed by atoms with Crippen LogP contribution in [0.4, 0.5) is 0 Å². The third-order valence-electron chi connectivity index (χ3n) is 5.93. The molecular weight excluding hydrogens is 370 g/mol. The molecule has 2 saturated heterocycles. The molecule has 0 radical (unpaired) electrons. The number of aliphatic hydroxyl groups is 2. The fourth-order valence-electron chi connectivity index (χ4n) is 4.65. The van der Waals surface area contributed by atoms with Crippen molar-refractivity contribution in [2.75, 3.05) is 19.7 Å². The van der Waals surface area contributed by atoms with Gasteiger partial charge in [-0.05, 0) is 38.6 Å². The molecule has 3 aliphatic heterocycles. The minimum absolute atomic E-state index is 0.0872. The van der Waals surface area contributed by atoms with Crippen LogP contribution in [0, 0.1) is 11.8 Å². The molecule has 6 N–H and O–H groups in total. The van der Waals surface area contributed by atoms with E-state index in [0.29, 0.717) is 25.3 Å². The highest BCUT2D eigenvalue weighted by atomic mass is 32.2. The predicted octanol–water partition coefficient (Wildman–Crippen LogP) is -0.295. The van der Waals surface area contributed by atoms with Gasteiger partial charge in [0, 0.05) is 35.8 Å². The van der Waals surface area contributed by atoms with Crippen molar-refractivity contribution >= 4 is 23.6 Å². The zero-order chi connectivity index (χ0) is 19.7. The molecule has 2 fully saturated rings. The van der Waals surface area contributed by atoms with Gasteiger partial charge < -0.3 is 31.3 Å². The molecule has 0 aromatic carbocycles. The summed E-state index contributed by atoms with van der Waals surface area (Å²) in [5.74, 6) is -1.58. The lowest BCUT2D eigenvalue weighted by molar-refractivity contribution is -0.161. The van der Waals surface area contributed by atoms with Gasteiger partial charge in [-0.25, -0.2) is 4.79 Å². The first-order valence-electron chi connectivity index (χ1n) is 9.57. The lowest BCUT2D eigenvalue weighted by atomic mass is 9.83. The second-order valence-corrected chi connectivity index (χ2v) is 9.06. The number of aliphatic hydroxyl groups excluding tert-OH is 2. The molecule has 8 nitrogen and oxygen atoms in total. The van der Waals surface area contributed by atoms with Gasteiger partial charge in [0.25, 0.3) is 0 Å². The van der Waals surface area contributed by atoms with Crippen LogP contribution < -0.4 is 11.1 Å². The van der Waals surface area contributed by atoms with Crippen molar-refractivity contribution in [3.05, 3.63) is 10.6 Å². The fourth-order valence-corrected chi connectivity index (χ4v) is 6.10. The van der Waals surface area contributed by atoms with Crippen molar-refractivity contribution in [1.29, 1.82) is 0 Å². The topological polar surface area (TPSA) is 136 Å². The van der Waals surface area contributed by atoms with Crippen molar-refractivity contribution < 1.29 is 24.9 Å². The van der Waals surface area contributed by atoms with Crippen LogP contribution in [0.5, 0.6) is 0 Å². The van der Waals surface area contributed by atoms with Crippen molar-refractivity contribution in [2.24, 2.45) is 17.6 Å². The van der Waals surface area contributed by atoms with E-state index in [9.17, 15) is 24.9 Å². The van der Waals surface area contributed by atoms with Gasteiger partial charge in [-0.1, -0.05) is 0 Å². The quantitative estimate of drug-likeness (QED) is 0.334. The summed E-state index contributed by atoms with van der Waals surface area (Å²) in [6, 6.07) is 0.0213. The molecular formula is C18H29N3O5S. The number of β-lactam (4-membered cyclic amide) rings is 1. The normalized spacial score (nSPS) is 32.4. The smallest absolute Gasteiger partial charge is 0.353 e. The number of carbonyl (C=O) groups is 2. The van der Waals surface area contributed by atoms with Gasteiger partial charge >= 0.3 is 5.97 Å². The van der Waals surface area contributed by atoms with Crippen LogP contribution in [0.15, 0.2) is 10.6 Å². The number of thioether (sulfide) groups is 1. The standard InChI is InChI=1S/C18H29N3O5S/c1-9(23)15-13-7-14(16(18(25)26)21(13)17(15)24)27-11-6-12(20-8-11)10(2-4-19)3-5-22/h9-13,15,20,22-23H,2-8,19H2,1H3,(H,25,26)/t9-,10?,11+,12+,13-,15-/m1/s1. The second kappa shape index (κ2) is 8.48. The number of hydrogen-bond acceptors (Lipinski definition) is 7. The zero-order valence-electron chi connectivity index (χ0n) is 15.5. The minimum atomic E-state index is -1.08. The Morgan fingerprint density at radius 2 is 2.19 bits per heavy atom. The average molecular weight is 400 g/mol. The predicted molar refractivity (Wildman–Crippen MR) is 102 cm³/mol. The molecule has 0 aromatic heterocycles. The summed E-state index contributed by atoms with van der Waals surface area (Å²) in [6.45, 7) is 3.05. The molecule has 0 spiro atoms. The van der Waals surface area contributed by atoms with Crippen LogP contribution in [0.25, 0.3) is 0 Å². The van der Waals surface area contributed by atoms with Crippen molar-refractivity contribution in [2.45, 2.75) is 56.0 Å². The summed E-state index contributed by atoms with van der Waals surface area (Å²) in [4.78, 5) is 26.1. The number of nitrogens with two attached hydrogens (primary N) is 1. The monoisotopic (exact) mass is 399 g/mol. The van der Waals surface area contributed by atoms with Crippen LogP contribution in [-0.4, -0.2) is 75.2 Å². The summed E-state index contributed by atoms with van der Waals surface area (Å²) in [5, 5.41) is 32.4. The molecule has 0 saturated carbocycles. The lowest BCUT2D eigenvalue weighted by Gasteiger charge is -2.44. The van der Waals surface area contributed by atoms with Crippen molar-refractivity contribution in [3.8, 4) is 0 Å². The van der Waals surface area contributed by atoms with Gasteiger partial charge in [-0.2, -0.15) is 0 Å². The average Bonchev–Trinajstić information content (AvgIpc) is 3.17. The van der Waals surface area contributed by atoms with E-state index >= 15 is 0 Å². The summed E-state index contributed by atoms with van der Waals surface area (Å²) in [7, 11) is 0. The van der Waals surface area contributed by atoms with Crippen LogP contribution in [0.3, 0.4) is 0 Å². The van der Waals surface area contributed by atoms with Crippen molar-refractivity contribution in [1.82, 2.24) is 10.2 Å². The van der Waals surface area contributed by atoms with Gasteiger partial charge in [-0.3, -0.25) is 4.79 Å². The Bertz CT molecular complexity index is 620. The summed E-state index contributed by atoms with van der Waals surface area (Å²) in [6.07, 6.45) is 2.16. The van der Waals surface area contributed by atoms with Gasteiger partial charge in [0.15, 0.2) is 0 Å². The molecule has 1 unspecified atom stereocenters. The summed E-state index contributed by atoms with van der Waals surface area (Å²) in [5.41, 5.74) is 5.78. The molecule has 1 amide bonds. The first-order chi connectivity index (χ1) is 12.9. The Kier molecular flexibility index (Phi) is 6.47. The van der Waals surface area contributed by atoms with Crippen LogP contribution >= 0.6 is 11.8 Å². The van der Waals surface area contributed by atoms with E-state index in [1.807, 2.05) is 0 Å². The number of carboxylic acids is 1. The number of rotatable bonds is 9. The third-order valence-corrected chi connectivity index (χ3v) is 7.27. The molecule has 27 heavy (non-hydrogen) atoms. The number of carbonyl (C=O) groups excluding carboxylic acids is 1. The van der Waals surface area contributed by atoms with Gasteiger partial charge in [0.2, 0.25) is 5.91 Å². The number of amides is 1. The maximum atomic E-state index is 12.3. The number of carboxylic acid groups (broad SMARTS) is 1. The Morgan fingerprint density at radius 3 is 2.78 bits per heavy atom. The molecule has 0 aromatic rings. The molecule has 9 heteroatoms. The van der Waals surface area contributed by atoms with E-state index < -0.39 is 18.0 Å². The van der Waals surface area contributed by atoms with Gasteiger partial charge in [-0.15, -0.1) is 11.8 Å². The fraction of sp³-hybridized carbons (Fsp3) is 0.778. The van der Waals surface area contributed by atoms with E-state index in [2.05, 4.69) is 5.32 Å². The highest BCUT2D eigenvalue weighted by Crippen LogP contribution is 2.48. The van der Waals surface area contributed by atoms with Crippen LogP contribution in [0.2, 0.25) is 0 Å². The Hall–Kier alpha value is -1.13. The van der Waals surface area contributed by atoms with E-state index in [-0.39, 0.29) is 35.5 Å². The van der Waals surface area contributed by atoms with Crippen LogP contribution in [-0.2, 0) is 9.59 Å². The molecule has 0 aliphatic carbocycles. The SMILES string of the molecule is C[C@@H](O)[C@H]1C(=O)N2C(C(=O)O)=C(S[C@@H]3CN[C@H](C(CCN)CCO)C3)C[C@H]12. The van der Waals surface area contributed by atoms with Gasteiger partial charge in [0.1, 0.15) is 5.70 Å². The second-order valence-electron chi connectivity index (χ2n) is 7.66. The third kappa shape index (κ3) is 3.88. The number of aliphatic carboxylic acids is 1. The zero-order valence-corrected chi connectivity index (χ0v) is 16.3. The Morgan fingerprint density at radius 1 is 1.44 bits per heavy atom. The molecule has 152 valence electrons. The molecule has 3 aliphatic rings. The number of nitrogens with one attached hydrogen (secondary N) is 1. The van der Waals surface area contributed by atoms with E-state index in [1.165, 1.54) is 16.7 Å². The molecule has 0 bridgehead atoms. The van der Waals surface area contributed by atoms with E-state index in [0.717, 1.165) is 24.3 Å². The van der Waals surface area contributed by atoms with E-state index in [4.69, 9.17) is 5.73 Å². The first-order valence-corrected chi connectivity index (χ1v) is 10.5. The molecule has 3 rings (SSSR count). The highest BCUT2D eigenvalue weighted by molar-refractivity contribution is 8.03. The minimum Gasteiger partial charge on any atom is -0.477 e. The Labute approximate surface area is 163 Å². The van der Waals surface area contributed by atoms with Crippen LogP contribution in [0.1, 0.15) is 32.6 Å². The van der Waals surface area contributed by atoms with E-state index in [1.54, 1.807) is 6.92 Å². The molecule has 6 atom stereocenters. The number of fused-ring (bicyclic) bond motifs is 1. The molecule has 3 heterocycles. The van der Waals surface area contributed by atoms with Gasteiger partial charge in [0.05, 0.1) is 18.1 Å². The van der Waals surface area contributed by atoms with Crippen molar-refractivity contribution in [3.63, 3.8) is 0 Å². The number of nitrogens with zero attached hydrogens (tertiary/aromatic N) is 1. The number of hydrogen-bond donors (Lipinski definition) is 5.